The molecule has 2 aliphatic rings. The van der Waals surface area contributed by atoms with Gasteiger partial charge in [0, 0.05) is 19.3 Å². The Hall–Kier alpha value is -2.08. The fraction of sp³-hybridized carbons (Fsp3) is 0.478. The third-order valence-electron chi connectivity index (χ3n) is 5.53. The maximum atomic E-state index is 10.1. The van der Waals surface area contributed by atoms with Gasteiger partial charge in [-0.05, 0) is 47.7 Å². The van der Waals surface area contributed by atoms with Gasteiger partial charge >= 0.3 is 0 Å². The van der Waals surface area contributed by atoms with Crippen molar-refractivity contribution in [1.82, 2.24) is 0 Å². The van der Waals surface area contributed by atoms with E-state index in [0.717, 1.165) is 29.9 Å². The molecule has 0 aromatic heterocycles. The van der Waals surface area contributed by atoms with Crippen LogP contribution in [0.5, 0.6) is 11.5 Å². The fourth-order valence-corrected chi connectivity index (χ4v) is 3.94. The van der Waals surface area contributed by atoms with Crippen molar-refractivity contribution in [3.63, 3.8) is 0 Å². The summed E-state index contributed by atoms with van der Waals surface area (Å²) in [6, 6.07) is 12.5. The fourth-order valence-electron chi connectivity index (χ4n) is 3.94. The zero-order valence-corrected chi connectivity index (χ0v) is 16.3. The average molecular weight is 384 g/mol. The zero-order valence-electron chi connectivity index (χ0n) is 16.3. The predicted molar refractivity (Wildman–Crippen MR) is 106 cm³/mol. The van der Waals surface area contributed by atoms with Crippen LogP contribution in [0.1, 0.15) is 47.6 Å². The van der Waals surface area contributed by atoms with Crippen LogP contribution in [0.25, 0.3) is 0 Å². The molecule has 0 amide bonds. The predicted octanol–water partition coefficient (Wildman–Crippen LogP) is 3.32. The average Bonchev–Trinajstić information content (AvgIpc) is 2.94. The van der Waals surface area contributed by atoms with Gasteiger partial charge in [-0.15, -0.1) is 0 Å². The highest BCUT2D eigenvalue weighted by Crippen LogP contribution is 2.34. The highest BCUT2D eigenvalue weighted by atomic mass is 16.5. The Bertz CT molecular complexity index is 819. The van der Waals surface area contributed by atoms with Crippen molar-refractivity contribution < 1.29 is 24.4 Å². The Kier molecular flexibility index (Phi) is 5.85. The second kappa shape index (κ2) is 8.52. The van der Waals surface area contributed by atoms with Crippen molar-refractivity contribution in [1.29, 1.82) is 0 Å². The Morgan fingerprint density at radius 1 is 1.00 bits per heavy atom. The zero-order chi connectivity index (χ0) is 19.5. The number of aliphatic hydroxyl groups excluding tert-OH is 2. The van der Waals surface area contributed by atoms with Crippen LogP contribution in [0.2, 0.25) is 0 Å². The molecular formula is C23H28O5. The van der Waals surface area contributed by atoms with E-state index in [2.05, 4.69) is 37.3 Å². The van der Waals surface area contributed by atoms with E-state index in [-0.39, 0.29) is 18.8 Å². The third-order valence-corrected chi connectivity index (χ3v) is 5.53. The van der Waals surface area contributed by atoms with Gasteiger partial charge < -0.3 is 24.4 Å². The summed E-state index contributed by atoms with van der Waals surface area (Å²) in [5.74, 6) is 1.62. The van der Waals surface area contributed by atoms with Crippen molar-refractivity contribution in [2.75, 3.05) is 19.8 Å². The molecule has 1 fully saturated rings. The molecule has 3 unspecified atom stereocenters. The molecule has 2 aliphatic heterocycles. The molecule has 2 aromatic rings. The number of rotatable bonds is 4. The molecule has 2 heterocycles. The molecule has 2 N–H and O–H groups in total. The highest BCUT2D eigenvalue weighted by Gasteiger charge is 2.29. The molecule has 3 atom stereocenters. The van der Waals surface area contributed by atoms with Crippen LogP contribution < -0.4 is 9.47 Å². The van der Waals surface area contributed by atoms with Gasteiger partial charge in [0.1, 0.15) is 0 Å². The van der Waals surface area contributed by atoms with Crippen LogP contribution in [0.4, 0.5) is 0 Å². The summed E-state index contributed by atoms with van der Waals surface area (Å²) < 4.78 is 17.5. The van der Waals surface area contributed by atoms with Crippen molar-refractivity contribution in [2.45, 2.75) is 50.9 Å². The Morgan fingerprint density at radius 2 is 1.82 bits per heavy atom. The van der Waals surface area contributed by atoms with Crippen LogP contribution in [0.3, 0.4) is 0 Å². The number of aliphatic hydroxyl groups is 2. The minimum Gasteiger partial charge on any atom is -0.490 e. The van der Waals surface area contributed by atoms with E-state index < -0.39 is 6.10 Å². The van der Waals surface area contributed by atoms with Crippen molar-refractivity contribution in [2.24, 2.45) is 0 Å². The summed E-state index contributed by atoms with van der Waals surface area (Å²) in [5.41, 5.74) is 4.65. The largest absolute Gasteiger partial charge is 0.490 e. The summed E-state index contributed by atoms with van der Waals surface area (Å²) >= 11 is 0. The normalized spacial score (nSPS) is 24.6. The highest BCUT2D eigenvalue weighted by molar-refractivity contribution is 5.45. The second-order valence-corrected chi connectivity index (χ2v) is 7.75. The number of benzene rings is 2. The van der Waals surface area contributed by atoms with Crippen molar-refractivity contribution in [3.8, 4) is 11.5 Å². The summed E-state index contributed by atoms with van der Waals surface area (Å²) in [6.45, 7) is 3.41. The van der Waals surface area contributed by atoms with E-state index in [9.17, 15) is 10.2 Å². The van der Waals surface area contributed by atoms with Gasteiger partial charge in [-0.3, -0.25) is 0 Å². The van der Waals surface area contributed by atoms with Gasteiger partial charge in [-0.25, -0.2) is 0 Å². The Morgan fingerprint density at radius 3 is 2.64 bits per heavy atom. The molecule has 0 aliphatic carbocycles. The minimum absolute atomic E-state index is 0.0660. The second-order valence-electron chi connectivity index (χ2n) is 7.75. The molecule has 1 saturated heterocycles. The first-order chi connectivity index (χ1) is 13.6. The number of fused-ring (bicyclic) bond motifs is 1. The minimum atomic E-state index is -0.442. The lowest BCUT2D eigenvalue weighted by Crippen LogP contribution is -2.33. The first-order valence-corrected chi connectivity index (χ1v) is 10.0. The standard InChI is InChI=1S/C23H28O5/c1-15-3-5-17(22-13-19(25)12-20(14-24)28-22)11-18(15)9-16-4-6-21-23(10-16)27-8-2-7-26-21/h3-6,10-11,19-20,22,24-25H,2,7-9,12-14H2,1H3. The van der Waals surface area contributed by atoms with E-state index in [1.54, 1.807) is 0 Å². The Balaban J connectivity index is 1.55. The van der Waals surface area contributed by atoms with Gasteiger partial charge in [-0.2, -0.15) is 0 Å². The van der Waals surface area contributed by atoms with E-state index in [0.29, 0.717) is 26.1 Å². The topological polar surface area (TPSA) is 68.2 Å². The van der Waals surface area contributed by atoms with Crippen LogP contribution >= 0.6 is 0 Å². The number of hydrogen-bond donors (Lipinski definition) is 2. The van der Waals surface area contributed by atoms with Crippen LogP contribution in [-0.4, -0.2) is 42.2 Å². The number of hydrogen-bond acceptors (Lipinski definition) is 5. The van der Waals surface area contributed by atoms with Crippen molar-refractivity contribution >= 4 is 0 Å². The summed E-state index contributed by atoms with van der Waals surface area (Å²) in [6.07, 6.45) is 1.79. The molecule has 28 heavy (non-hydrogen) atoms. The first-order valence-electron chi connectivity index (χ1n) is 10.0. The van der Waals surface area contributed by atoms with Gasteiger partial charge in [-0.1, -0.05) is 24.3 Å². The first kappa shape index (κ1) is 19.2. The number of ether oxygens (including phenoxy) is 3. The van der Waals surface area contributed by atoms with Gasteiger partial charge in [0.2, 0.25) is 0 Å². The van der Waals surface area contributed by atoms with Crippen LogP contribution in [0.15, 0.2) is 36.4 Å². The summed E-state index contributed by atoms with van der Waals surface area (Å²) in [4.78, 5) is 0. The summed E-state index contributed by atoms with van der Waals surface area (Å²) in [5, 5.41) is 19.5. The van der Waals surface area contributed by atoms with E-state index in [4.69, 9.17) is 14.2 Å². The van der Waals surface area contributed by atoms with Crippen LogP contribution in [0, 0.1) is 6.92 Å². The van der Waals surface area contributed by atoms with E-state index in [1.165, 1.54) is 16.7 Å². The maximum absolute atomic E-state index is 10.1. The molecule has 0 radical (unpaired) electrons. The number of aryl methyl sites for hydroxylation is 1. The van der Waals surface area contributed by atoms with E-state index >= 15 is 0 Å². The SMILES string of the molecule is Cc1ccc(C2CC(O)CC(CO)O2)cc1Cc1ccc2c(c1)OCCCO2. The van der Waals surface area contributed by atoms with E-state index in [1.807, 2.05) is 6.07 Å². The Labute approximate surface area is 165 Å². The molecule has 0 bridgehead atoms. The smallest absolute Gasteiger partial charge is 0.161 e. The summed E-state index contributed by atoms with van der Waals surface area (Å²) in [7, 11) is 0. The maximum Gasteiger partial charge on any atom is 0.161 e. The van der Waals surface area contributed by atoms with Gasteiger partial charge in [0.25, 0.3) is 0 Å². The molecule has 5 nitrogen and oxygen atoms in total. The lowest BCUT2D eigenvalue weighted by Gasteiger charge is -2.32. The molecule has 4 rings (SSSR count). The monoisotopic (exact) mass is 384 g/mol. The molecular weight excluding hydrogens is 356 g/mol. The molecule has 150 valence electrons. The van der Waals surface area contributed by atoms with Crippen LogP contribution in [-0.2, 0) is 11.2 Å². The van der Waals surface area contributed by atoms with Gasteiger partial charge in [0.05, 0.1) is 38.1 Å². The molecule has 5 heteroatoms. The van der Waals surface area contributed by atoms with Crippen molar-refractivity contribution in [3.05, 3.63) is 58.7 Å². The lowest BCUT2D eigenvalue weighted by atomic mass is 9.92. The molecule has 2 aromatic carbocycles. The quantitative estimate of drug-likeness (QED) is 0.846. The lowest BCUT2D eigenvalue weighted by molar-refractivity contribution is -0.113. The third kappa shape index (κ3) is 4.32. The molecule has 0 spiro atoms. The van der Waals surface area contributed by atoms with Gasteiger partial charge in [0.15, 0.2) is 11.5 Å². The molecule has 0 saturated carbocycles.